The zero-order chi connectivity index (χ0) is 16.7. The maximum atomic E-state index is 11.6. The van der Waals surface area contributed by atoms with Gasteiger partial charge in [0.05, 0.1) is 19.9 Å². The van der Waals surface area contributed by atoms with Gasteiger partial charge in [0.25, 0.3) is 11.5 Å². The largest absolute Gasteiger partial charge is 0.497 e. The molecule has 0 saturated carbocycles. The Hall–Kier alpha value is -3.43. The third-order valence-corrected chi connectivity index (χ3v) is 2.62. The molecule has 0 atom stereocenters. The van der Waals surface area contributed by atoms with E-state index in [0.717, 1.165) is 5.56 Å². The number of methoxy groups -OCH3 is 1. The standard InChI is InChI=1S/C13H14N6O4/c1-23-9-4-2-3-8(5-9)6-15-17-10(20)7-14-11-12(21)16-13(22)19-18-11/h2-6H,7H2,1H3,(H,14,18)(H,17,20)(H2,16,19,21,22)/b15-6+. The summed E-state index contributed by atoms with van der Waals surface area (Å²) in [5, 5.41) is 11.8. The number of amides is 1. The van der Waals surface area contributed by atoms with E-state index in [2.05, 4.69) is 20.9 Å². The normalized spacial score (nSPS) is 10.5. The number of carbonyl (C=O) groups excluding carboxylic acids is 1. The van der Waals surface area contributed by atoms with E-state index in [1.807, 2.05) is 10.1 Å². The summed E-state index contributed by atoms with van der Waals surface area (Å²) in [6.07, 6.45) is 1.45. The quantitative estimate of drug-likeness (QED) is 0.399. The lowest BCUT2D eigenvalue weighted by atomic mass is 10.2. The van der Waals surface area contributed by atoms with Crippen LogP contribution in [0.15, 0.2) is 39.0 Å². The maximum absolute atomic E-state index is 11.6. The van der Waals surface area contributed by atoms with Gasteiger partial charge in [0.15, 0.2) is 0 Å². The molecule has 1 amide bonds. The molecule has 0 unspecified atom stereocenters. The van der Waals surface area contributed by atoms with E-state index < -0.39 is 17.2 Å². The van der Waals surface area contributed by atoms with E-state index in [0.29, 0.717) is 5.75 Å². The number of hydrogen-bond acceptors (Lipinski definition) is 7. The molecule has 4 N–H and O–H groups in total. The average Bonchev–Trinajstić information content (AvgIpc) is 2.54. The molecule has 10 nitrogen and oxygen atoms in total. The number of nitrogens with zero attached hydrogens (tertiary/aromatic N) is 2. The Bertz CT molecular complexity index is 825. The van der Waals surface area contributed by atoms with E-state index >= 15 is 0 Å². The van der Waals surface area contributed by atoms with Crippen molar-refractivity contribution >= 4 is 17.9 Å². The van der Waals surface area contributed by atoms with Gasteiger partial charge in [0.1, 0.15) is 5.75 Å². The molecule has 23 heavy (non-hydrogen) atoms. The second-order valence-electron chi connectivity index (χ2n) is 4.28. The smallest absolute Gasteiger partial charge is 0.342 e. The first kappa shape index (κ1) is 15.9. The number of ether oxygens (including phenoxy) is 1. The van der Waals surface area contributed by atoms with Crippen molar-refractivity contribution in [1.29, 1.82) is 0 Å². The molecule has 0 fully saturated rings. The van der Waals surface area contributed by atoms with Crippen LogP contribution in [0, 0.1) is 0 Å². The number of hydrogen-bond donors (Lipinski definition) is 4. The van der Waals surface area contributed by atoms with Crippen LogP contribution in [0.2, 0.25) is 0 Å². The van der Waals surface area contributed by atoms with Crippen LogP contribution >= 0.6 is 0 Å². The number of rotatable bonds is 6. The Balaban J connectivity index is 1.86. The van der Waals surface area contributed by atoms with E-state index in [1.165, 1.54) is 6.21 Å². The highest BCUT2D eigenvalue weighted by Gasteiger charge is 2.04. The fourth-order valence-electron chi connectivity index (χ4n) is 1.57. The van der Waals surface area contributed by atoms with Gasteiger partial charge in [-0.3, -0.25) is 14.6 Å². The minimum Gasteiger partial charge on any atom is -0.497 e. The lowest BCUT2D eigenvalue weighted by Gasteiger charge is -2.02. The van der Waals surface area contributed by atoms with Gasteiger partial charge in [0, 0.05) is 0 Å². The average molecular weight is 318 g/mol. The predicted molar refractivity (Wildman–Crippen MR) is 82.7 cm³/mol. The molecule has 0 aliphatic heterocycles. The maximum Gasteiger partial charge on any atom is 0.342 e. The minimum atomic E-state index is -0.729. The van der Waals surface area contributed by atoms with Crippen LogP contribution < -0.4 is 26.7 Å². The van der Waals surface area contributed by atoms with Gasteiger partial charge in [-0.1, -0.05) is 12.1 Å². The van der Waals surface area contributed by atoms with Crippen LogP contribution in [-0.2, 0) is 4.79 Å². The summed E-state index contributed by atoms with van der Waals surface area (Å²) in [5.41, 5.74) is 1.58. The van der Waals surface area contributed by atoms with Gasteiger partial charge in [-0.05, 0) is 17.7 Å². The molecule has 1 heterocycles. The Morgan fingerprint density at radius 1 is 1.43 bits per heavy atom. The topological polar surface area (TPSA) is 141 Å². The Labute approximate surface area is 129 Å². The zero-order valence-electron chi connectivity index (χ0n) is 12.1. The Kier molecular flexibility index (Phi) is 5.23. The summed E-state index contributed by atoms with van der Waals surface area (Å²) < 4.78 is 5.07. The molecule has 2 aromatic rings. The highest BCUT2D eigenvalue weighted by molar-refractivity contribution is 5.84. The van der Waals surface area contributed by atoms with E-state index in [4.69, 9.17) is 4.74 Å². The highest BCUT2D eigenvalue weighted by atomic mass is 16.5. The first-order valence-corrected chi connectivity index (χ1v) is 6.47. The molecule has 0 spiro atoms. The number of anilines is 1. The van der Waals surface area contributed by atoms with Crippen molar-refractivity contribution in [3.8, 4) is 5.75 Å². The van der Waals surface area contributed by atoms with Gasteiger partial charge in [-0.25, -0.2) is 15.3 Å². The summed E-state index contributed by atoms with van der Waals surface area (Å²) in [6, 6.07) is 7.12. The van der Waals surface area contributed by atoms with Crippen molar-refractivity contribution in [3.63, 3.8) is 0 Å². The number of aromatic amines is 2. The second kappa shape index (κ2) is 7.54. The Morgan fingerprint density at radius 3 is 3.00 bits per heavy atom. The molecule has 120 valence electrons. The fraction of sp³-hybridized carbons (Fsp3) is 0.154. The third kappa shape index (κ3) is 4.81. The minimum absolute atomic E-state index is 0.170. The first-order chi connectivity index (χ1) is 11.1. The van der Waals surface area contributed by atoms with Gasteiger partial charge in [0.2, 0.25) is 5.82 Å². The van der Waals surface area contributed by atoms with Crippen LogP contribution in [0.1, 0.15) is 5.56 Å². The number of H-pyrrole nitrogens is 2. The molecule has 0 aliphatic carbocycles. The van der Waals surface area contributed by atoms with Crippen LogP contribution in [0.25, 0.3) is 0 Å². The van der Waals surface area contributed by atoms with Gasteiger partial charge >= 0.3 is 5.69 Å². The van der Waals surface area contributed by atoms with E-state index in [-0.39, 0.29) is 12.4 Å². The fourth-order valence-corrected chi connectivity index (χ4v) is 1.57. The van der Waals surface area contributed by atoms with Gasteiger partial charge in [-0.15, -0.1) is 5.10 Å². The van der Waals surface area contributed by atoms with Crippen molar-refractivity contribution in [2.75, 3.05) is 19.0 Å². The lowest BCUT2D eigenvalue weighted by Crippen LogP contribution is -2.31. The van der Waals surface area contributed by atoms with Crippen LogP contribution in [0.4, 0.5) is 5.82 Å². The van der Waals surface area contributed by atoms with Gasteiger partial charge < -0.3 is 10.1 Å². The van der Waals surface area contributed by atoms with Crippen molar-refractivity contribution in [2.24, 2.45) is 5.10 Å². The lowest BCUT2D eigenvalue weighted by molar-refractivity contribution is -0.119. The summed E-state index contributed by atoms with van der Waals surface area (Å²) in [4.78, 5) is 35.7. The number of benzene rings is 1. The molecule has 10 heteroatoms. The monoisotopic (exact) mass is 318 g/mol. The summed E-state index contributed by atoms with van der Waals surface area (Å²) in [5.74, 6) is 0.0124. The SMILES string of the molecule is COc1cccc(/C=N/NC(=O)CNc2n[nH]c(=O)[nH]c2=O)c1. The first-order valence-electron chi connectivity index (χ1n) is 6.47. The molecule has 0 radical (unpaired) electrons. The summed E-state index contributed by atoms with van der Waals surface area (Å²) in [7, 11) is 1.55. The summed E-state index contributed by atoms with van der Waals surface area (Å²) >= 11 is 0. The summed E-state index contributed by atoms with van der Waals surface area (Å²) in [6.45, 7) is -0.239. The number of nitrogens with one attached hydrogen (secondary N) is 4. The molecule has 1 aromatic carbocycles. The molecule has 0 bridgehead atoms. The molecular weight excluding hydrogens is 304 g/mol. The van der Waals surface area contributed by atoms with Crippen molar-refractivity contribution < 1.29 is 9.53 Å². The van der Waals surface area contributed by atoms with Gasteiger partial charge in [-0.2, -0.15) is 5.10 Å². The molecule has 1 aromatic heterocycles. The Morgan fingerprint density at radius 2 is 2.26 bits per heavy atom. The molecule has 2 rings (SSSR count). The third-order valence-electron chi connectivity index (χ3n) is 2.62. The number of aromatic nitrogens is 3. The van der Waals surface area contributed by atoms with Crippen LogP contribution in [-0.4, -0.2) is 41.0 Å². The molecule has 0 aliphatic rings. The molecular formula is C13H14N6O4. The van der Waals surface area contributed by atoms with Crippen molar-refractivity contribution in [2.45, 2.75) is 0 Å². The number of carbonyl (C=O) groups is 1. The zero-order valence-corrected chi connectivity index (χ0v) is 12.1. The van der Waals surface area contributed by atoms with Crippen molar-refractivity contribution in [1.82, 2.24) is 20.6 Å². The van der Waals surface area contributed by atoms with E-state index in [1.54, 1.807) is 31.4 Å². The van der Waals surface area contributed by atoms with Crippen molar-refractivity contribution in [3.05, 3.63) is 50.7 Å². The highest BCUT2D eigenvalue weighted by Crippen LogP contribution is 2.10. The van der Waals surface area contributed by atoms with Crippen LogP contribution in [0.3, 0.4) is 0 Å². The number of hydrazone groups is 1. The predicted octanol–water partition coefficient (Wildman–Crippen LogP) is -0.971. The van der Waals surface area contributed by atoms with E-state index in [9.17, 15) is 14.4 Å². The van der Waals surface area contributed by atoms with Crippen LogP contribution in [0.5, 0.6) is 5.75 Å². The second-order valence-corrected chi connectivity index (χ2v) is 4.28. The molecule has 0 saturated heterocycles.